The summed E-state index contributed by atoms with van der Waals surface area (Å²) in [5, 5.41) is 25.1. The number of hydrogen-bond acceptors (Lipinski definition) is 8. The Hall–Kier alpha value is -3.18. The monoisotopic (exact) mass is 549 g/mol. The Morgan fingerprint density at radius 2 is 2.05 bits per heavy atom. The third-order valence-corrected chi connectivity index (χ3v) is 9.36. The number of nitrogens with one attached hydrogen (secondary N) is 1. The molecule has 0 amide bonds. The molecule has 10 heteroatoms. The van der Waals surface area contributed by atoms with Gasteiger partial charge in [0.2, 0.25) is 0 Å². The molecular formula is C30H32FN3O6. The first kappa shape index (κ1) is 25.8. The second-order valence-corrected chi connectivity index (χ2v) is 11.5. The highest BCUT2D eigenvalue weighted by atomic mass is 19.1. The summed E-state index contributed by atoms with van der Waals surface area (Å²) in [5.41, 5.74) is 3.08. The molecule has 0 unspecified atom stereocenters. The number of hydrogen-bond donors (Lipinski definition) is 3. The Kier molecular flexibility index (Phi) is 5.74. The molecule has 1 saturated carbocycles. The van der Waals surface area contributed by atoms with Gasteiger partial charge in [-0.3, -0.25) is 4.79 Å². The van der Waals surface area contributed by atoms with Crippen LogP contribution in [-0.4, -0.2) is 51.1 Å². The first-order valence-corrected chi connectivity index (χ1v) is 14.0. The van der Waals surface area contributed by atoms with Crippen molar-refractivity contribution in [3.63, 3.8) is 0 Å². The van der Waals surface area contributed by atoms with Gasteiger partial charge in [0, 0.05) is 35.2 Å². The SMILES string of the molecule is CC[C@@]1(O)C(=O)OCc2c1cc1n(c2=O)Cc2c-1nc1cc(F)c(C)c3c1c2[C@@H](NCC1(OCCO)CC1)CC3. The molecule has 0 bridgehead atoms. The second kappa shape index (κ2) is 8.91. The minimum atomic E-state index is -1.91. The van der Waals surface area contributed by atoms with Gasteiger partial charge in [0.05, 0.1) is 47.8 Å². The van der Waals surface area contributed by atoms with Crippen LogP contribution in [0.2, 0.25) is 0 Å². The topological polar surface area (TPSA) is 123 Å². The van der Waals surface area contributed by atoms with E-state index in [4.69, 9.17) is 14.5 Å². The van der Waals surface area contributed by atoms with Gasteiger partial charge >= 0.3 is 5.97 Å². The van der Waals surface area contributed by atoms with E-state index < -0.39 is 11.6 Å². The number of fused-ring (bicyclic) bond motifs is 5. The van der Waals surface area contributed by atoms with Crippen molar-refractivity contribution in [2.45, 2.75) is 76.3 Å². The van der Waals surface area contributed by atoms with Crippen molar-refractivity contribution in [1.82, 2.24) is 14.9 Å². The number of pyridine rings is 2. The van der Waals surface area contributed by atoms with Crippen molar-refractivity contribution >= 4 is 16.9 Å². The molecule has 2 atom stereocenters. The zero-order valence-electron chi connectivity index (χ0n) is 22.6. The van der Waals surface area contributed by atoms with Crippen LogP contribution in [0, 0.1) is 12.7 Å². The summed E-state index contributed by atoms with van der Waals surface area (Å²) >= 11 is 0. The van der Waals surface area contributed by atoms with E-state index in [1.165, 1.54) is 6.07 Å². The van der Waals surface area contributed by atoms with Crippen LogP contribution in [0.5, 0.6) is 0 Å². The Bertz CT molecular complexity index is 1660. The number of aryl methyl sites for hydroxylation is 1. The highest BCUT2D eigenvalue weighted by molar-refractivity contribution is 5.93. The summed E-state index contributed by atoms with van der Waals surface area (Å²) in [7, 11) is 0. The number of rotatable bonds is 7. The maximum Gasteiger partial charge on any atom is 0.343 e. The number of aliphatic hydroxyl groups is 2. The molecule has 1 fully saturated rings. The fourth-order valence-corrected chi connectivity index (χ4v) is 6.84. The van der Waals surface area contributed by atoms with Gasteiger partial charge in [-0.1, -0.05) is 6.92 Å². The van der Waals surface area contributed by atoms with Gasteiger partial charge in [0.1, 0.15) is 12.4 Å². The first-order chi connectivity index (χ1) is 19.2. The van der Waals surface area contributed by atoms with Crippen LogP contribution in [0.25, 0.3) is 22.3 Å². The number of nitrogens with zero attached hydrogens (tertiary/aromatic N) is 2. The normalized spacial score (nSPS) is 23.5. The molecule has 3 N–H and O–H groups in total. The van der Waals surface area contributed by atoms with E-state index in [0.29, 0.717) is 42.0 Å². The molecule has 0 saturated heterocycles. The molecule has 4 aliphatic rings. The largest absolute Gasteiger partial charge is 0.458 e. The highest BCUT2D eigenvalue weighted by Gasteiger charge is 2.47. The van der Waals surface area contributed by atoms with Crippen molar-refractivity contribution in [2.75, 3.05) is 19.8 Å². The van der Waals surface area contributed by atoms with Gasteiger partial charge in [-0.25, -0.2) is 14.2 Å². The van der Waals surface area contributed by atoms with Crippen molar-refractivity contribution in [2.24, 2.45) is 0 Å². The third-order valence-electron chi connectivity index (χ3n) is 9.36. The van der Waals surface area contributed by atoms with Crippen LogP contribution in [0.3, 0.4) is 0 Å². The van der Waals surface area contributed by atoms with Gasteiger partial charge < -0.3 is 29.6 Å². The smallest absolute Gasteiger partial charge is 0.343 e. The van der Waals surface area contributed by atoms with Crippen LogP contribution in [0.4, 0.5) is 4.39 Å². The molecule has 4 heterocycles. The molecule has 7 rings (SSSR count). The number of aliphatic hydroxyl groups excluding tert-OH is 1. The van der Waals surface area contributed by atoms with Crippen LogP contribution < -0.4 is 10.9 Å². The molecule has 0 spiro atoms. The highest BCUT2D eigenvalue weighted by Crippen LogP contribution is 2.47. The lowest BCUT2D eigenvalue weighted by Crippen LogP contribution is -2.44. The zero-order valence-corrected chi connectivity index (χ0v) is 22.6. The predicted molar refractivity (Wildman–Crippen MR) is 143 cm³/mol. The third kappa shape index (κ3) is 3.56. The molecule has 1 aromatic carbocycles. The molecule has 2 aliphatic heterocycles. The van der Waals surface area contributed by atoms with E-state index in [-0.39, 0.29) is 60.3 Å². The number of carbonyl (C=O) groups is 1. The summed E-state index contributed by atoms with van der Waals surface area (Å²) in [5.74, 6) is -1.08. The van der Waals surface area contributed by atoms with Gasteiger partial charge in [0.25, 0.3) is 5.56 Å². The molecule has 0 radical (unpaired) electrons. The maximum absolute atomic E-state index is 15.1. The van der Waals surface area contributed by atoms with Crippen molar-refractivity contribution in [3.8, 4) is 11.4 Å². The van der Waals surface area contributed by atoms with E-state index in [9.17, 15) is 19.8 Å². The summed E-state index contributed by atoms with van der Waals surface area (Å²) in [6, 6.07) is 3.09. The zero-order chi connectivity index (χ0) is 28.0. The van der Waals surface area contributed by atoms with E-state index in [0.717, 1.165) is 41.3 Å². The molecule has 2 aromatic heterocycles. The van der Waals surface area contributed by atoms with Gasteiger partial charge in [-0.05, 0) is 61.8 Å². The lowest BCUT2D eigenvalue weighted by Gasteiger charge is -2.31. The first-order valence-electron chi connectivity index (χ1n) is 14.0. The van der Waals surface area contributed by atoms with Crippen LogP contribution in [-0.2, 0) is 39.4 Å². The minimum Gasteiger partial charge on any atom is -0.458 e. The number of aromatic nitrogens is 2. The Labute approximate surface area is 229 Å². The minimum absolute atomic E-state index is 0.0251. The molecule has 3 aromatic rings. The molecule has 9 nitrogen and oxygen atoms in total. The van der Waals surface area contributed by atoms with Crippen molar-refractivity contribution < 1.29 is 28.9 Å². The average Bonchev–Trinajstić information content (AvgIpc) is 3.64. The van der Waals surface area contributed by atoms with Gasteiger partial charge in [-0.15, -0.1) is 0 Å². The number of cyclic esters (lactones) is 1. The van der Waals surface area contributed by atoms with Crippen molar-refractivity contribution in [3.05, 3.63) is 61.7 Å². The summed E-state index contributed by atoms with van der Waals surface area (Å²) in [6.07, 6.45) is 3.35. The molecule has 40 heavy (non-hydrogen) atoms. The lowest BCUT2D eigenvalue weighted by atomic mass is 9.81. The maximum atomic E-state index is 15.1. The fraction of sp³-hybridized carbons (Fsp3) is 0.500. The molecule has 2 aliphatic carbocycles. The predicted octanol–water partition coefficient (Wildman–Crippen LogP) is 2.65. The Morgan fingerprint density at radius 1 is 1.25 bits per heavy atom. The van der Waals surface area contributed by atoms with Crippen LogP contribution in [0.15, 0.2) is 16.9 Å². The Balaban J connectivity index is 1.40. The van der Waals surface area contributed by atoms with E-state index in [1.807, 2.05) is 0 Å². The lowest BCUT2D eigenvalue weighted by molar-refractivity contribution is -0.172. The van der Waals surface area contributed by atoms with Crippen molar-refractivity contribution in [1.29, 1.82) is 0 Å². The standard InChI is InChI=1S/C30H32FN3O6/c1-3-30(38)19-10-23-26-17(12-34(23)27(36)18(19)13-39-28(30)37)25-21(32-14-29(6-7-29)40-9-8-35)5-4-16-15(2)20(31)11-22(33-26)24(16)25/h10-11,21,32,35,38H,3-9,12-14H2,1-2H3/t21-,30-/m0/s1. The van der Waals surface area contributed by atoms with E-state index in [1.54, 1.807) is 24.5 Å². The number of esters is 1. The van der Waals surface area contributed by atoms with E-state index in [2.05, 4.69) is 5.32 Å². The van der Waals surface area contributed by atoms with Gasteiger partial charge in [-0.2, -0.15) is 0 Å². The summed E-state index contributed by atoms with van der Waals surface area (Å²) < 4.78 is 27.8. The summed E-state index contributed by atoms with van der Waals surface area (Å²) in [4.78, 5) is 31.2. The second-order valence-electron chi connectivity index (χ2n) is 11.5. The fourth-order valence-electron chi connectivity index (χ4n) is 6.84. The number of carbonyl (C=O) groups excluding carboxylic acids is 1. The van der Waals surface area contributed by atoms with Crippen LogP contribution in [0.1, 0.15) is 72.0 Å². The van der Waals surface area contributed by atoms with E-state index >= 15 is 4.39 Å². The average molecular weight is 550 g/mol. The Morgan fingerprint density at radius 3 is 2.77 bits per heavy atom. The quantitative estimate of drug-likeness (QED) is 0.301. The number of halogens is 1. The summed E-state index contributed by atoms with van der Waals surface area (Å²) in [6.45, 7) is 4.45. The molecular weight excluding hydrogens is 517 g/mol. The van der Waals surface area contributed by atoms with Gasteiger partial charge in [0.15, 0.2) is 5.60 Å². The molecule has 210 valence electrons. The van der Waals surface area contributed by atoms with Crippen LogP contribution >= 0.6 is 0 Å². The number of benzene rings is 1. The number of ether oxygens (including phenoxy) is 2.